The van der Waals surface area contributed by atoms with Crippen LogP contribution in [0.1, 0.15) is 21.8 Å². The van der Waals surface area contributed by atoms with Crippen LogP contribution in [0, 0.1) is 6.92 Å². The maximum absolute atomic E-state index is 12.6. The van der Waals surface area contributed by atoms with E-state index in [4.69, 9.17) is 4.42 Å². The van der Waals surface area contributed by atoms with Crippen molar-refractivity contribution in [1.29, 1.82) is 0 Å². The molecule has 0 bridgehead atoms. The maximum atomic E-state index is 12.6. The average molecular weight is 364 g/mol. The number of carbonyl (C=O) groups is 1. The maximum Gasteiger partial charge on any atom is 0.277 e. The molecule has 3 heterocycles. The van der Waals surface area contributed by atoms with Gasteiger partial charge in [-0.2, -0.15) is 5.10 Å². The number of aryl methyl sites for hydroxylation is 1. The van der Waals surface area contributed by atoms with Gasteiger partial charge in [0.1, 0.15) is 5.76 Å². The van der Waals surface area contributed by atoms with Gasteiger partial charge in [-0.3, -0.25) is 9.48 Å². The van der Waals surface area contributed by atoms with E-state index in [1.54, 1.807) is 13.1 Å². The zero-order chi connectivity index (χ0) is 17.9. The standard InChI is InChI=1S/C19H16N4O2S/c1-13-17(22-19(25-13)16-7-3-10-26-16)18(24)21-15-6-2-5-14(11-15)12-23-9-4-8-20-23/h2-11H,12H2,1H3,(H,21,24). The van der Waals surface area contributed by atoms with Crippen molar-refractivity contribution in [3.8, 4) is 10.8 Å². The van der Waals surface area contributed by atoms with Crippen molar-refractivity contribution in [2.45, 2.75) is 13.5 Å². The number of carbonyl (C=O) groups excluding carboxylic acids is 1. The van der Waals surface area contributed by atoms with Gasteiger partial charge in [0.2, 0.25) is 5.89 Å². The van der Waals surface area contributed by atoms with Crippen LogP contribution in [0.3, 0.4) is 0 Å². The van der Waals surface area contributed by atoms with E-state index in [1.807, 2.05) is 58.7 Å². The van der Waals surface area contributed by atoms with E-state index in [0.29, 0.717) is 29.6 Å². The average Bonchev–Trinajstić information content (AvgIpc) is 3.36. The Morgan fingerprint density at radius 3 is 2.96 bits per heavy atom. The molecule has 130 valence electrons. The summed E-state index contributed by atoms with van der Waals surface area (Å²) in [5, 5.41) is 9.03. The SMILES string of the molecule is Cc1oc(-c2cccs2)nc1C(=O)Nc1cccc(Cn2cccn2)c1. The van der Waals surface area contributed by atoms with Gasteiger partial charge in [0.15, 0.2) is 5.69 Å². The molecule has 0 fully saturated rings. The van der Waals surface area contributed by atoms with E-state index in [1.165, 1.54) is 11.3 Å². The van der Waals surface area contributed by atoms with Crippen LogP contribution in [0.2, 0.25) is 0 Å². The number of nitrogens with zero attached hydrogens (tertiary/aromatic N) is 3. The second-order valence-electron chi connectivity index (χ2n) is 5.76. The molecule has 26 heavy (non-hydrogen) atoms. The Kier molecular flexibility index (Phi) is 4.37. The van der Waals surface area contributed by atoms with Crippen molar-refractivity contribution in [3.05, 3.63) is 77.3 Å². The fourth-order valence-electron chi connectivity index (χ4n) is 2.63. The number of aromatic nitrogens is 3. The van der Waals surface area contributed by atoms with Gasteiger partial charge in [0.25, 0.3) is 5.91 Å². The zero-order valence-corrected chi connectivity index (χ0v) is 14.9. The molecular weight excluding hydrogens is 348 g/mol. The number of thiophene rings is 1. The molecule has 0 unspecified atom stereocenters. The predicted octanol–water partition coefficient (Wildman–Crippen LogP) is 4.21. The van der Waals surface area contributed by atoms with Crippen LogP contribution in [0.4, 0.5) is 5.69 Å². The van der Waals surface area contributed by atoms with E-state index >= 15 is 0 Å². The van der Waals surface area contributed by atoms with Gasteiger partial charge < -0.3 is 9.73 Å². The van der Waals surface area contributed by atoms with Gasteiger partial charge in [-0.1, -0.05) is 18.2 Å². The minimum atomic E-state index is -0.287. The topological polar surface area (TPSA) is 73.0 Å². The van der Waals surface area contributed by atoms with Gasteiger partial charge in [-0.05, 0) is 42.1 Å². The Bertz CT molecular complexity index is 1020. The van der Waals surface area contributed by atoms with Gasteiger partial charge in [0, 0.05) is 18.1 Å². The fourth-order valence-corrected chi connectivity index (χ4v) is 3.28. The first-order valence-corrected chi connectivity index (χ1v) is 8.96. The molecule has 0 radical (unpaired) electrons. The normalized spacial score (nSPS) is 10.8. The van der Waals surface area contributed by atoms with Crippen LogP contribution >= 0.6 is 11.3 Å². The van der Waals surface area contributed by atoms with Crippen LogP contribution in [-0.2, 0) is 6.54 Å². The van der Waals surface area contributed by atoms with Crippen molar-refractivity contribution in [3.63, 3.8) is 0 Å². The molecular formula is C19H16N4O2S. The molecule has 0 aliphatic heterocycles. The summed E-state index contributed by atoms with van der Waals surface area (Å²) in [6, 6.07) is 13.4. The molecule has 1 amide bonds. The largest absolute Gasteiger partial charge is 0.440 e. The number of amides is 1. The Hall–Kier alpha value is -3.19. The molecule has 4 rings (SSSR count). The van der Waals surface area contributed by atoms with Gasteiger partial charge in [-0.25, -0.2) is 4.98 Å². The minimum Gasteiger partial charge on any atom is -0.440 e. The summed E-state index contributed by atoms with van der Waals surface area (Å²) in [6.07, 6.45) is 3.64. The van der Waals surface area contributed by atoms with Crippen LogP contribution in [0.5, 0.6) is 0 Å². The molecule has 0 saturated carbocycles. The van der Waals surface area contributed by atoms with E-state index in [2.05, 4.69) is 15.4 Å². The van der Waals surface area contributed by atoms with Gasteiger partial charge in [-0.15, -0.1) is 11.3 Å². The molecule has 7 heteroatoms. The summed E-state index contributed by atoms with van der Waals surface area (Å²) in [6.45, 7) is 2.38. The van der Waals surface area contributed by atoms with Crippen molar-refractivity contribution in [1.82, 2.24) is 14.8 Å². The molecule has 0 aliphatic carbocycles. The van der Waals surface area contributed by atoms with Crippen LogP contribution in [0.15, 0.2) is 64.7 Å². The van der Waals surface area contributed by atoms with Crippen LogP contribution in [-0.4, -0.2) is 20.7 Å². The molecule has 4 aromatic rings. The smallest absolute Gasteiger partial charge is 0.277 e. The highest BCUT2D eigenvalue weighted by Gasteiger charge is 2.18. The first-order chi connectivity index (χ1) is 12.7. The lowest BCUT2D eigenvalue weighted by atomic mass is 10.2. The number of rotatable bonds is 5. The molecule has 0 aliphatic rings. The number of hydrogen-bond donors (Lipinski definition) is 1. The fraction of sp³-hybridized carbons (Fsp3) is 0.105. The Balaban J connectivity index is 1.51. The minimum absolute atomic E-state index is 0.287. The molecule has 1 N–H and O–H groups in total. The highest BCUT2D eigenvalue weighted by atomic mass is 32.1. The molecule has 0 atom stereocenters. The highest BCUT2D eigenvalue weighted by molar-refractivity contribution is 7.13. The highest BCUT2D eigenvalue weighted by Crippen LogP contribution is 2.26. The molecule has 3 aromatic heterocycles. The van der Waals surface area contributed by atoms with Gasteiger partial charge >= 0.3 is 0 Å². The summed E-state index contributed by atoms with van der Waals surface area (Å²) < 4.78 is 7.47. The lowest BCUT2D eigenvalue weighted by Gasteiger charge is -2.07. The quantitative estimate of drug-likeness (QED) is 0.576. The van der Waals surface area contributed by atoms with Crippen molar-refractivity contribution >= 4 is 22.9 Å². The molecule has 1 aromatic carbocycles. The third kappa shape index (κ3) is 3.43. The number of anilines is 1. The lowest BCUT2D eigenvalue weighted by Crippen LogP contribution is -2.14. The Labute approximate surface area is 154 Å². The van der Waals surface area contributed by atoms with Crippen molar-refractivity contribution in [2.75, 3.05) is 5.32 Å². The number of oxazole rings is 1. The second-order valence-corrected chi connectivity index (χ2v) is 6.71. The lowest BCUT2D eigenvalue weighted by molar-refractivity contribution is 0.102. The van der Waals surface area contributed by atoms with E-state index < -0.39 is 0 Å². The van der Waals surface area contributed by atoms with E-state index in [0.717, 1.165) is 10.4 Å². The zero-order valence-electron chi connectivity index (χ0n) is 14.0. The molecule has 0 spiro atoms. The predicted molar refractivity (Wildman–Crippen MR) is 100 cm³/mol. The monoisotopic (exact) mass is 364 g/mol. The summed E-state index contributed by atoms with van der Waals surface area (Å²) in [5.41, 5.74) is 2.05. The second kappa shape index (κ2) is 6.97. The number of nitrogens with one attached hydrogen (secondary N) is 1. The van der Waals surface area contributed by atoms with Gasteiger partial charge in [0.05, 0.1) is 11.4 Å². The first-order valence-electron chi connectivity index (χ1n) is 8.08. The Morgan fingerprint density at radius 1 is 1.27 bits per heavy atom. The first kappa shape index (κ1) is 16.3. The number of benzene rings is 1. The molecule has 6 nitrogen and oxygen atoms in total. The van der Waals surface area contributed by atoms with E-state index in [-0.39, 0.29) is 5.91 Å². The summed E-state index contributed by atoms with van der Waals surface area (Å²) in [5.74, 6) is 0.680. The van der Waals surface area contributed by atoms with Crippen molar-refractivity contribution in [2.24, 2.45) is 0 Å². The number of hydrogen-bond acceptors (Lipinski definition) is 5. The summed E-state index contributed by atoms with van der Waals surface area (Å²) in [4.78, 5) is 17.8. The third-order valence-electron chi connectivity index (χ3n) is 3.83. The molecule has 0 saturated heterocycles. The summed E-state index contributed by atoms with van der Waals surface area (Å²) in [7, 11) is 0. The Morgan fingerprint density at radius 2 is 2.19 bits per heavy atom. The summed E-state index contributed by atoms with van der Waals surface area (Å²) >= 11 is 1.52. The van der Waals surface area contributed by atoms with Crippen molar-refractivity contribution < 1.29 is 9.21 Å². The third-order valence-corrected chi connectivity index (χ3v) is 4.69. The van der Waals surface area contributed by atoms with Crippen LogP contribution < -0.4 is 5.32 Å². The van der Waals surface area contributed by atoms with Crippen LogP contribution in [0.25, 0.3) is 10.8 Å². The van der Waals surface area contributed by atoms with E-state index in [9.17, 15) is 4.79 Å².